The molecule has 0 aliphatic carbocycles. The van der Waals surface area contributed by atoms with Crippen LogP contribution in [0.3, 0.4) is 0 Å². The van der Waals surface area contributed by atoms with Crippen molar-refractivity contribution in [1.29, 1.82) is 0 Å². The van der Waals surface area contributed by atoms with E-state index in [1.54, 1.807) is 7.11 Å². The van der Waals surface area contributed by atoms with Crippen LogP contribution in [0.15, 0.2) is 18.2 Å². The molecular weight excluding hydrogens is 182 g/mol. The lowest BCUT2D eigenvalue weighted by atomic mass is 10.2. The second-order valence-corrected chi connectivity index (χ2v) is 2.87. The number of nitrogens with zero attached hydrogens (tertiary/aromatic N) is 1. The van der Waals surface area contributed by atoms with E-state index >= 15 is 0 Å². The molecule has 0 spiro atoms. The van der Waals surface area contributed by atoms with Crippen LogP contribution >= 0.6 is 0 Å². The Balaban J connectivity index is 2.32. The third kappa shape index (κ3) is 1.49. The van der Waals surface area contributed by atoms with E-state index in [1.165, 1.54) is 0 Å². The SMILES string of the molecule is COCOc1ccc2c(N)n[nH]c2c1. The van der Waals surface area contributed by atoms with Gasteiger partial charge < -0.3 is 15.2 Å². The van der Waals surface area contributed by atoms with Gasteiger partial charge in [-0.2, -0.15) is 5.10 Å². The Morgan fingerprint density at radius 1 is 1.50 bits per heavy atom. The minimum atomic E-state index is 0.231. The Bertz CT molecular complexity index is 439. The Morgan fingerprint density at radius 3 is 3.14 bits per heavy atom. The van der Waals surface area contributed by atoms with Gasteiger partial charge in [0.15, 0.2) is 12.6 Å². The van der Waals surface area contributed by atoms with Gasteiger partial charge in [-0.25, -0.2) is 0 Å². The highest BCUT2D eigenvalue weighted by molar-refractivity contribution is 5.89. The summed E-state index contributed by atoms with van der Waals surface area (Å²) in [5, 5.41) is 7.59. The maximum Gasteiger partial charge on any atom is 0.188 e. The molecule has 0 unspecified atom stereocenters. The van der Waals surface area contributed by atoms with Crippen molar-refractivity contribution < 1.29 is 9.47 Å². The van der Waals surface area contributed by atoms with E-state index in [1.807, 2.05) is 18.2 Å². The van der Waals surface area contributed by atoms with Gasteiger partial charge in [0.05, 0.1) is 5.52 Å². The van der Waals surface area contributed by atoms with Crippen molar-refractivity contribution in [2.75, 3.05) is 19.6 Å². The van der Waals surface area contributed by atoms with E-state index in [9.17, 15) is 0 Å². The molecule has 0 aliphatic rings. The Labute approximate surface area is 80.8 Å². The van der Waals surface area contributed by atoms with E-state index in [4.69, 9.17) is 15.2 Å². The fraction of sp³-hybridized carbons (Fsp3) is 0.222. The number of rotatable bonds is 3. The predicted octanol–water partition coefficient (Wildman–Crippen LogP) is 1.13. The first-order chi connectivity index (χ1) is 6.81. The molecule has 3 N–H and O–H groups in total. The van der Waals surface area contributed by atoms with Gasteiger partial charge in [-0.05, 0) is 12.1 Å². The summed E-state index contributed by atoms with van der Waals surface area (Å²) in [5.74, 6) is 1.22. The molecule has 0 atom stereocenters. The third-order valence-electron chi connectivity index (χ3n) is 1.91. The highest BCUT2D eigenvalue weighted by Crippen LogP contribution is 2.22. The molecular formula is C9H11N3O2. The number of benzene rings is 1. The molecule has 1 heterocycles. The largest absolute Gasteiger partial charge is 0.467 e. The van der Waals surface area contributed by atoms with Gasteiger partial charge in [-0.3, -0.25) is 5.10 Å². The zero-order chi connectivity index (χ0) is 9.97. The molecule has 0 amide bonds. The minimum absolute atomic E-state index is 0.231. The van der Waals surface area contributed by atoms with Gasteiger partial charge in [0.2, 0.25) is 0 Å². The van der Waals surface area contributed by atoms with E-state index in [0.717, 1.165) is 16.7 Å². The first-order valence-corrected chi connectivity index (χ1v) is 4.16. The van der Waals surface area contributed by atoms with E-state index in [0.29, 0.717) is 5.82 Å². The van der Waals surface area contributed by atoms with Gasteiger partial charge in [0, 0.05) is 18.6 Å². The molecule has 0 fully saturated rings. The zero-order valence-electron chi connectivity index (χ0n) is 7.78. The second kappa shape index (κ2) is 3.55. The summed E-state index contributed by atoms with van der Waals surface area (Å²) in [7, 11) is 1.58. The normalized spacial score (nSPS) is 10.6. The Kier molecular flexibility index (Phi) is 2.24. The fourth-order valence-corrected chi connectivity index (χ4v) is 1.24. The molecule has 2 aromatic rings. The quantitative estimate of drug-likeness (QED) is 0.716. The van der Waals surface area contributed by atoms with Crippen LogP contribution in [0, 0.1) is 0 Å². The number of nitrogen functional groups attached to an aromatic ring is 1. The molecule has 0 saturated carbocycles. The van der Waals surface area contributed by atoms with Crippen LogP contribution < -0.4 is 10.5 Å². The van der Waals surface area contributed by atoms with Crippen molar-refractivity contribution >= 4 is 16.7 Å². The van der Waals surface area contributed by atoms with Gasteiger partial charge in [0.25, 0.3) is 0 Å². The first-order valence-electron chi connectivity index (χ1n) is 4.16. The van der Waals surface area contributed by atoms with Crippen molar-refractivity contribution in [1.82, 2.24) is 10.2 Å². The summed E-state index contributed by atoms with van der Waals surface area (Å²) in [6.45, 7) is 0.231. The zero-order valence-corrected chi connectivity index (χ0v) is 7.78. The summed E-state index contributed by atoms with van der Waals surface area (Å²) in [4.78, 5) is 0. The number of hydrogen-bond acceptors (Lipinski definition) is 4. The number of fused-ring (bicyclic) bond motifs is 1. The molecule has 14 heavy (non-hydrogen) atoms. The van der Waals surface area contributed by atoms with Crippen LogP contribution in [0.1, 0.15) is 0 Å². The third-order valence-corrected chi connectivity index (χ3v) is 1.91. The van der Waals surface area contributed by atoms with Crippen molar-refractivity contribution in [2.45, 2.75) is 0 Å². The molecule has 74 valence electrons. The van der Waals surface area contributed by atoms with E-state index < -0.39 is 0 Å². The number of nitrogens with two attached hydrogens (primary N) is 1. The number of nitrogens with one attached hydrogen (secondary N) is 1. The monoisotopic (exact) mass is 193 g/mol. The topological polar surface area (TPSA) is 73.2 Å². The maximum atomic E-state index is 5.62. The van der Waals surface area contributed by atoms with Crippen molar-refractivity contribution in [2.24, 2.45) is 0 Å². The van der Waals surface area contributed by atoms with Gasteiger partial charge >= 0.3 is 0 Å². The number of anilines is 1. The maximum absolute atomic E-state index is 5.62. The lowest BCUT2D eigenvalue weighted by Gasteiger charge is -2.03. The predicted molar refractivity (Wildman–Crippen MR) is 53.0 cm³/mol. The number of hydrogen-bond donors (Lipinski definition) is 2. The van der Waals surface area contributed by atoms with Crippen LogP contribution in [0.4, 0.5) is 5.82 Å². The molecule has 2 rings (SSSR count). The van der Waals surface area contributed by atoms with Gasteiger partial charge in [-0.15, -0.1) is 0 Å². The standard InChI is InChI=1S/C9H11N3O2/c1-13-5-14-6-2-3-7-8(4-6)11-12-9(7)10/h2-4H,5H2,1H3,(H3,10,11,12). The number of aromatic amines is 1. The Morgan fingerprint density at radius 2 is 2.36 bits per heavy atom. The minimum Gasteiger partial charge on any atom is -0.467 e. The summed E-state index contributed by atoms with van der Waals surface area (Å²) in [5.41, 5.74) is 6.48. The van der Waals surface area contributed by atoms with Crippen LogP contribution in [0.5, 0.6) is 5.75 Å². The molecule has 5 nitrogen and oxygen atoms in total. The summed E-state index contributed by atoms with van der Waals surface area (Å²) in [6, 6.07) is 5.52. The van der Waals surface area contributed by atoms with Crippen LogP contribution in [0.2, 0.25) is 0 Å². The fourth-order valence-electron chi connectivity index (χ4n) is 1.24. The van der Waals surface area contributed by atoms with Crippen molar-refractivity contribution in [3.05, 3.63) is 18.2 Å². The lowest BCUT2D eigenvalue weighted by Crippen LogP contribution is -1.98. The summed E-state index contributed by atoms with van der Waals surface area (Å²) in [6.07, 6.45) is 0. The molecule has 5 heteroatoms. The van der Waals surface area contributed by atoms with Crippen LogP contribution in [0.25, 0.3) is 10.9 Å². The number of aromatic nitrogens is 2. The molecule has 0 bridgehead atoms. The van der Waals surface area contributed by atoms with Crippen LogP contribution in [-0.2, 0) is 4.74 Å². The first kappa shape index (κ1) is 8.83. The number of H-pyrrole nitrogens is 1. The van der Waals surface area contributed by atoms with E-state index in [-0.39, 0.29) is 6.79 Å². The number of methoxy groups -OCH3 is 1. The smallest absolute Gasteiger partial charge is 0.188 e. The molecule has 0 radical (unpaired) electrons. The molecule has 0 aliphatic heterocycles. The second-order valence-electron chi connectivity index (χ2n) is 2.87. The van der Waals surface area contributed by atoms with Crippen LogP contribution in [-0.4, -0.2) is 24.1 Å². The summed E-state index contributed by atoms with van der Waals surface area (Å²) >= 11 is 0. The van der Waals surface area contributed by atoms with Crippen molar-refractivity contribution in [3.63, 3.8) is 0 Å². The lowest BCUT2D eigenvalue weighted by molar-refractivity contribution is 0.0512. The van der Waals surface area contributed by atoms with Gasteiger partial charge in [-0.1, -0.05) is 0 Å². The highest BCUT2D eigenvalue weighted by atomic mass is 16.7. The number of ether oxygens (including phenoxy) is 2. The molecule has 0 saturated heterocycles. The van der Waals surface area contributed by atoms with Gasteiger partial charge in [0.1, 0.15) is 5.75 Å². The van der Waals surface area contributed by atoms with Crippen molar-refractivity contribution in [3.8, 4) is 5.75 Å². The molecule has 1 aromatic carbocycles. The molecule has 1 aromatic heterocycles. The van der Waals surface area contributed by atoms with E-state index in [2.05, 4.69) is 10.2 Å². The Hall–Kier alpha value is -1.75. The average molecular weight is 193 g/mol. The summed E-state index contributed by atoms with van der Waals surface area (Å²) < 4.78 is 10.1. The highest BCUT2D eigenvalue weighted by Gasteiger charge is 2.02. The average Bonchev–Trinajstić information content (AvgIpc) is 2.57.